The number of nitrogens with zero attached hydrogens (tertiary/aromatic N) is 1. The largest absolute Gasteiger partial charge is 0.490 e. The molecule has 1 rings (SSSR count). The van der Waals surface area contributed by atoms with Crippen molar-refractivity contribution < 1.29 is 10.0 Å². The Bertz CT molecular complexity index is 313. The number of pyridine rings is 1. The molecule has 0 aliphatic rings. The van der Waals surface area contributed by atoms with Gasteiger partial charge in [-0.15, -0.1) is 0 Å². The van der Waals surface area contributed by atoms with E-state index in [9.17, 15) is 0 Å². The molecular formula is C10H16BNO2. The smallest absolute Gasteiger partial charge is 0.423 e. The molecule has 1 aromatic heterocycles. The number of aromatic nitrogens is 1. The molecule has 0 aliphatic heterocycles. The highest BCUT2D eigenvalue weighted by atomic mass is 16.4. The van der Waals surface area contributed by atoms with Crippen LogP contribution in [0.2, 0.25) is 0 Å². The van der Waals surface area contributed by atoms with Crippen molar-refractivity contribution in [1.82, 2.24) is 4.98 Å². The van der Waals surface area contributed by atoms with Gasteiger partial charge >= 0.3 is 7.12 Å². The zero-order valence-corrected chi connectivity index (χ0v) is 8.86. The highest BCUT2D eigenvalue weighted by molar-refractivity contribution is 6.59. The summed E-state index contributed by atoms with van der Waals surface area (Å²) in [5.74, 6) is 0.562. The summed E-state index contributed by atoms with van der Waals surface area (Å²) >= 11 is 0. The minimum Gasteiger partial charge on any atom is -0.423 e. The Morgan fingerprint density at radius 2 is 2.07 bits per heavy atom. The van der Waals surface area contributed by atoms with E-state index >= 15 is 0 Å². The van der Waals surface area contributed by atoms with Gasteiger partial charge in [0, 0.05) is 17.4 Å². The molecule has 76 valence electrons. The maximum Gasteiger partial charge on any atom is 0.490 e. The summed E-state index contributed by atoms with van der Waals surface area (Å²) in [5.41, 5.74) is 2.37. The summed E-state index contributed by atoms with van der Waals surface area (Å²) in [5, 5.41) is 18.0. The summed E-state index contributed by atoms with van der Waals surface area (Å²) in [4.78, 5) is 4.18. The lowest BCUT2D eigenvalue weighted by Gasteiger charge is -2.08. The predicted octanol–water partition coefficient (Wildman–Crippen LogP) is 0.268. The first-order valence-corrected chi connectivity index (χ1v) is 4.82. The maximum absolute atomic E-state index is 8.99. The number of aryl methyl sites for hydroxylation is 1. The molecule has 14 heavy (non-hydrogen) atoms. The molecule has 2 N–H and O–H groups in total. The minimum atomic E-state index is -1.42. The predicted molar refractivity (Wildman–Crippen MR) is 57.3 cm³/mol. The molecule has 0 unspecified atom stereocenters. The van der Waals surface area contributed by atoms with E-state index in [-0.39, 0.29) is 0 Å². The second kappa shape index (κ2) is 4.57. The molecule has 0 aliphatic carbocycles. The van der Waals surface area contributed by atoms with Crippen LogP contribution in [0.15, 0.2) is 12.3 Å². The molecule has 4 heteroatoms. The number of hydrogen-bond donors (Lipinski definition) is 2. The lowest BCUT2D eigenvalue weighted by Crippen LogP contribution is -2.32. The fourth-order valence-electron chi connectivity index (χ4n) is 1.42. The summed E-state index contributed by atoms with van der Waals surface area (Å²) in [7, 11) is -1.42. The van der Waals surface area contributed by atoms with Crippen LogP contribution in [0, 0.1) is 12.8 Å². The van der Waals surface area contributed by atoms with Crippen LogP contribution < -0.4 is 5.46 Å². The van der Waals surface area contributed by atoms with Crippen molar-refractivity contribution in [2.75, 3.05) is 0 Å². The van der Waals surface area contributed by atoms with Crippen molar-refractivity contribution in [2.45, 2.75) is 27.2 Å². The fraction of sp³-hybridized carbons (Fsp3) is 0.500. The van der Waals surface area contributed by atoms with Crippen LogP contribution in [0.5, 0.6) is 0 Å². The zero-order valence-electron chi connectivity index (χ0n) is 8.86. The summed E-state index contributed by atoms with van der Waals surface area (Å²) < 4.78 is 0. The Labute approximate surface area is 85.0 Å². The molecule has 0 radical (unpaired) electrons. The van der Waals surface area contributed by atoms with Crippen molar-refractivity contribution in [1.29, 1.82) is 0 Å². The van der Waals surface area contributed by atoms with E-state index in [2.05, 4.69) is 18.8 Å². The second-order valence-corrected chi connectivity index (χ2v) is 4.00. The molecule has 3 nitrogen and oxygen atoms in total. The second-order valence-electron chi connectivity index (χ2n) is 4.00. The van der Waals surface area contributed by atoms with Crippen LogP contribution in [0.4, 0.5) is 0 Å². The van der Waals surface area contributed by atoms with E-state index in [4.69, 9.17) is 10.0 Å². The standard InChI is InChI=1S/C10H16BNO2/c1-7(2)4-9-5-8(3)10(6-12-9)11(13)14/h5-7,13-14H,4H2,1-3H3. The Morgan fingerprint density at radius 3 is 2.50 bits per heavy atom. The highest BCUT2D eigenvalue weighted by Gasteiger charge is 2.14. The van der Waals surface area contributed by atoms with Crippen LogP contribution >= 0.6 is 0 Å². The van der Waals surface area contributed by atoms with Crippen LogP contribution in [0.25, 0.3) is 0 Å². The molecule has 0 saturated carbocycles. The van der Waals surface area contributed by atoms with E-state index in [1.807, 2.05) is 13.0 Å². The van der Waals surface area contributed by atoms with Gasteiger partial charge in [0.25, 0.3) is 0 Å². The van der Waals surface area contributed by atoms with Crippen molar-refractivity contribution >= 4 is 12.6 Å². The molecule has 0 spiro atoms. The SMILES string of the molecule is Cc1cc(CC(C)C)ncc1B(O)O. The van der Waals surface area contributed by atoms with Crippen molar-refractivity contribution in [3.63, 3.8) is 0 Å². The van der Waals surface area contributed by atoms with E-state index in [0.29, 0.717) is 11.4 Å². The maximum atomic E-state index is 8.99. The topological polar surface area (TPSA) is 53.4 Å². The fourth-order valence-corrected chi connectivity index (χ4v) is 1.42. The molecule has 0 aromatic carbocycles. The molecule has 0 amide bonds. The van der Waals surface area contributed by atoms with Gasteiger partial charge in [-0.3, -0.25) is 4.98 Å². The lowest BCUT2D eigenvalue weighted by molar-refractivity contribution is 0.425. The Kier molecular flexibility index (Phi) is 3.66. The first-order valence-electron chi connectivity index (χ1n) is 4.82. The van der Waals surface area contributed by atoms with Gasteiger partial charge in [-0.1, -0.05) is 13.8 Å². The van der Waals surface area contributed by atoms with Gasteiger partial charge in [0.15, 0.2) is 0 Å². The molecule has 0 fully saturated rings. The van der Waals surface area contributed by atoms with E-state index in [0.717, 1.165) is 17.7 Å². The van der Waals surface area contributed by atoms with E-state index in [1.54, 1.807) is 0 Å². The third-order valence-electron chi connectivity index (χ3n) is 2.10. The van der Waals surface area contributed by atoms with Gasteiger partial charge < -0.3 is 10.0 Å². The van der Waals surface area contributed by atoms with E-state index in [1.165, 1.54) is 6.20 Å². The Balaban J connectivity index is 2.89. The Hall–Kier alpha value is -0.865. The summed E-state index contributed by atoms with van der Waals surface area (Å²) in [6.45, 7) is 6.12. The van der Waals surface area contributed by atoms with Gasteiger partial charge in [-0.05, 0) is 30.9 Å². The quantitative estimate of drug-likeness (QED) is 0.677. The third kappa shape index (κ3) is 2.82. The summed E-state index contributed by atoms with van der Waals surface area (Å²) in [6, 6.07) is 1.91. The van der Waals surface area contributed by atoms with Crippen LogP contribution in [-0.2, 0) is 6.42 Å². The van der Waals surface area contributed by atoms with Gasteiger partial charge in [-0.2, -0.15) is 0 Å². The first-order chi connectivity index (χ1) is 6.50. The van der Waals surface area contributed by atoms with Crippen LogP contribution in [0.1, 0.15) is 25.1 Å². The molecule has 1 aromatic rings. The van der Waals surface area contributed by atoms with Crippen molar-refractivity contribution in [2.24, 2.45) is 5.92 Å². The first kappa shape index (κ1) is 11.2. The molecule has 0 atom stereocenters. The lowest BCUT2D eigenvalue weighted by atomic mass is 9.78. The van der Waals surface area contributed by atoms with Crippen molar-refractivity contribution in [3.8, 4) is 0 Å². The van der Waals surface area contributed by atoms with Crippen LogP contribution in [-0.4, -0.2) is 22.2 Å². The third-order valence-corrected chi connectivity index (χ3v) is 2.10. The average molecular weight is 193 g/mol. The molecule has 0 bridgehead atoms. The average Bonchev–Trinajstić information content (AvgIpc) is 2.01. The molecular weight excluding hydrogens is 177 g/mol. The van der Waals surface area contributed by atoms with Crippen molar-refractivity contribution in [3.05, 3.63) is 23.5 Å². The van der Waals surface area contributed by atoms with Gasteiger partial charge in [-0.25, -0.2) is 0 Å². The number of rotatable bonds is 3. The zero-order chi connectivity index (χ0) is 10.7. The van der Waals surface area contributed by atoms with E-state index < -0.39 is 7.12 Å². The monoisotopic (exact) mass is 193 g/mol. The molecule has 0 saturated heterocycles. The summed E-state index contributed by atoms with van der Waals surface area (Å²) in [6.07, 6.45) is 2.46. The molecule has 1 heterocycles. The van der Waals surface area contributed by atoms with Gasteiger partial charge in [0.05, 0.1) is 0 Å². The van der Waals surface area contributed by atoms with Gasteiger partial charge in [0.2, 0.25) is 0 Å². The van der Waals surface area contributed by atoms with Gasteiger partial charge in [0.1, 0.15) is 0 Å². The normalized spacial score (nSPS) is 10.7. The Morgan fingerprint density at radius 1 is 1.43 bits per heavy atom. The van der Waals surface area contributed by atoms with Crippen LogP contribution in [0.3, 0.4) is 0 Å². The number of hydrogen-bond acceptors (Lipinski definition) is 3. The minimum absolute atomic E-state index is 0.484. The highest BCUT2D eigenvalue weighted by Crippen LogP contribution is 2.05.